The van der Waals surface area contributed by atoms with E-state index in [2.05, 4.69) is 58.1 Å². The maximum atomic E-state index is 13.0. The van der Waals surface area contributed by atoms with Gasteiger partial charge in [-0.3, -0.25) is 0 Å². The van der Waals surface area contributed by atoms with E-state index in [0.717, 1.165) is 24.2 Å². The number of hydrogen-bond donors (Lipinski definition) is 0. The Balaban J connectivity index is 1.57. The van der Waals surface area contributed by atoms with Gasteiger partial charge in [0.25, 0.3) is 0 Å². The minimum Gasteiger partial charge on any atom is -0.438 e. The molecule has 2 fully saturated rings. The molecule has 2 heterocycles. The predicted molar refractivity (Wildman–Crippen MR) is 108 cm³/mol. The van der Waals surface area contributed by atoms with Crippen molar-refractivity contribution in [3.63, 3.8) is 0 Å². The Morgan fingerprint density at radius 2 is 1.81 bits per heavy atom. The van der Waals surface area contributed by atoms with E-state index in [9.17, 15) is 4.79 Å². The van der Waals surface area contributed by atoms with E-state index < -0.39 is 5.60 Å². The fraction of sp³-hybridized carbons (Fsp3) is 0.409. The summed E-state index contributed by atoms with van der Waals surface area (Å²) in [7, 11) is 2.07. The Kier molecular flexibility index (Phi) is 4.51. The summed E-state index contributed by atoms with van der Waals surface area (Å²) in [6.45, 7) is 5.54. The highest BCUT2D eigenvalue weighted by Gasteiger charge is 2.52. The van der Waals surface area contributed by atoms with Gasteiger partial charge in [0.1, 0.15) is 13.4 Å². The third-order valence-corrected chi connectivity index (χ3v) is 5.90. The number of amides is 1. The van der Waals surface area contributed by atoms with Crippen LogP contribution in [0.2, 0.25) is 0 Å². The van der Waals surface area contributed by atoms with Gasteiger partial charge in [-0.25, -0.2) is 4.79 Å². The van der Waals surface area contributed by atoms with Crippen molar-refractivity contribution >= 4 is 19.4 Å². The van der Waals surface area contributed by atoms with Gasteiger partial charge in [0.2, 0.25) is 0 Å². The minimum atomic E-state index is -0.618. The van der Waals surface area contributed by atoms with Crippen molar-refractivity contribution in [1.82, 2.24) is 4.90 Å². The van der Waals surface area contributed by atoms with Gasteiger partial charge in [-0.2, -0.15) is 0 Å². The lowest BCUT2D eigenvalue weighted by Gasteiger charge is -2.44. The molecule has 0 radical (unpaired) electrons. The number of ether oxygens (including phenoxy) is 2. The van der Waals surface area contributed by atoms with Gasteiger partial charge in [-0.15, -0.1) is 0 Å². The fourth-order valence-electron chi connectivity index (χ4n) is 4.05. The molecule has 0 N–H and O–H groups in total. The summed E-state index contributed by atoms with van der Waals surface area (Å²) in [5, 5.41) is 0. The van der Waals surface area contributed by atoms with Crippen molar-refractivity contribution in [2.45, 2.75) is 43.9 Å². The Hall–Kier alpha value is -2.27. The number of nitrogens with zero attached hydrogens (tertiary/aromatic N) is 1. The largest absolute Gasteiger partial charge is 0.438 e. The highest BCUT2D eigenvalue weighted by molar-refractivity contribution is 6.32. The zero-order valence-electron chi connectivity index (χ0n) is 16.3. The first-order chi connectivity index (χ1) is 12.9. The van der Waals surface area contributed by atoms with E-state index in [1.807, 2.05) is 23.1 Å². The van der Waals surface area contributed by atoms with Gasteiger partial charge in [-0.05, 0) is 25.0 Å². The van der Waals surface area contributed by atoms with Crippen LogP contribution in [0.1, 0.15) is 43.9 Å². The topological polar surface area (TPSA) is 42.1 Å². The molecule has 3 atom stereocenters. The monoisotopic (exact) mass is 363 g/mol. The van der Waals surface area contributed by atoms with Crippen LogP contribution in [0, 0.1) is 0 Å². The summed E-state index contributed by atoms with van der Waals surface area (Å²) in [4.78, 5) is 14.9. The van der Waals surface area contributed by atoms with Crippen LogP contribution in [0.15, 0.2) is 54.6 Å². The zero-order chi connectivity index (χ0) is 19.1. The Morgan fingerprint density at radius 1 is 1.15 bits per heavy atom. The number of rotatable bonds is 5. The quantitative estimate of drug-likeness (QED) is 0.606. The van der Waals surface area contributed by atoms with Gasteiger partial charge >= 0.3 is 6.09 Å². The van der Waals surface area contributed by atoms with Crippen molar-refractivity contribution in [1.29, 1.82) is 0 Å². The second-order valence-corrected chi connectivity index (χ2v) is 8.17. The zero-order valence-corrected chi connectivity index (χ0v) is 16.3. The second kappa shape index (κ2) is 6.72. The Morgan fingerprint density at radius 3 is 2.41 bits per heavy atom. The maximum Gasteiger partial charge on any atom is 0.411 e. The van der Waals surface area contributed by atoms with Crippen molar-refractivity contribution < 1.29 is 14.3 Å². The summed E-state index contributed by atoms with van der Waals surface area (Å²) in [6, 6.07) is 18.4. The van der Waals surface area contributed by atoms with Gasteiger partial charge < -0.3 is 14.4 Å². The summed E-state index contributed by atoms with van der Waals surface area (Å²) in [6.07, 6.45) is 1.21. The smallest absolute Gasteiger partial charge is 0.411 e. The molecular weight excluding hydrogens is 337 g/mol. The van der Waals surface area contributed by atoms with Crippen LogP contribution in [-0.2, 0) is 15.1 Å². The van der Waals surface area contributed by atoms with E-state index in [0.29, 0.717) is 13.0 Å². The van der Waals surface area contributed by atoms with E-state index in [1.165, 1.54) is 5.46 Å². The van der Waals surface area contributed by atoms with Crippen molar-refractivity contribution in [2.24, 2.45) is 0 Å². The highest BCUT2D eigenvalue weighted by atomic mass is 16.6. The number of benzene rings is 2. The molecule has 0 aliphatic carbocycles. The molecule has 5 heteroatoms. The van der Waals surface area contributed by atoms with Gasteiger partial charge in [0, 0.05) is 19.4 Å². The Bertz CT molecular complexity index is 819. The van der Waals surface area contributed by atoms with E-state index in [1.54, 1.807) is 0 Å². The molecule has 4 rings (SSSR count). The molecule has 4 nitrogen and oxygen atoms in total. The van der Waals surface area contributed by atoms with E-state index >= 15 is 0 Å². The molecule has 2 aliphatic rings. The first-order valence-electron chi connectivity index (χ1n) is 9.67. The molecule has 1 amide bonds. The highest BCUT2D eigenvalue weighted by Crippen LogP contribution is 2.46. The number of hydrogen-bond acceptors (Lipinski definition) is 3. The fourth-order valence-corrected chi connectivity index (χ4v) is 4.05. The SMILES string of the molecule is Bc1ccc([C@H](C)N2CC[C@](CC3(C)CO3)(c3ccccc3)OC2=O)cc1. The summed E-state index contributed by atoms with van der Waals surface area (Å²) < 4.78 is 11.8. The second-order valence-electron chi connectivity index (χ2n) is 8.17. The number of cyclic esters (lactones) is 1. The van der Waals surface area contributed by atoms with Crippen LogP contribution in [0.5, 0.6) is 0 Å². The van der Waals surface area contributed by atoms with Crippen molar-refractivity contribution in [2.75, 3.05) is 13.2 Å². The summed E-state index contributed by atoms with van der Waals surface area (Å²) in [5.74, 6) is 0. The summed E-state index contributed by atoms with van der Waals surface area (Å²) in [5.41, 5.74) is 2.58. The molecule has 2 aromatic carbocycles. The van der Waals surface area contributed by atoms with Crippen LogP contribution >= 0.6 is 0 Å². The first-order valence-corrected chi connectivity index (χ1v) is 9.67. The number of carbonyl (C=O) groups excluding carboxylic acids is 1. The normalized spacial score (nSPS) is 28.5. The van der Waals surface area contributed by atoms with Gasteiger partial charge in [0.15, 0.2) is 0 Å². The molecule has 2 saturated heterocycles. The molecule has 1 unspecified atom stereocenters. The lowest BCUT2D eigenvalue weighted by Crippen LogP contribution is -2.50. The van der Waals surface area contributed by atoms with Gasteiger partial charge in [0.05, 0.1) is 18.2 Å². The first kappa shape index (κ1) is 18.1. The standard InChI is InChI=1S/C22H26BNO3/c1-16(17-8-10-19(23)11-9-17)24-13-12-22(27-20(24)25,14-21(2)15-26-21)18-6-4-3-5-7-18/h3-11,16H,12-15,23H2,1-2H3/t16-,21?,22-/m0/s1. The molecule has 2 aliphatic heterocycles. The molecule has 0 bridgehead atoms. The van der Waals surface area contributed by atoms with Crippen molar-refractivity contribution in [3.8, 4) is 0 Å². The van der Waals surface area contributed by atoms with Crippen LogP contribution in [0.3, 0.4) is 0 Å². The van der Waals surface area contributed by atoms with E-state index in [4.69, 9.17) is 9.47 Å². The molecule has 27 heavy (non-hydrogen) atoms. The van der Waals surface area contributed by atoms with Crippen LogP contribution < -0.4 is 5.46 Å². The average molecular weight is 363 g/mol. The lowest BCUT2D eigenvalue weighted by molar-refractivity contribution is -0.0750. The molecule has 140 valence electrons. The molecule has 0 aromatic heterocycles. The van der Waals surface area contributed by atoms with Crippen LogP contribution in [-0.4, -0.2) is 37.6 Å². The van der Waals surface area contributed by atoms with Crippen molar-refractivity contribution in [3.05, 3.63) is 65.7 Å². The van der Waals surface area contributed by atoms with Crippen LogP contribution in [0.4, 0.5) is 4.79 Å². The van der Waals surface area contributed by atoms with Crippen LogP contribution in [0.25, 0.3) is 0 Å². The maximum absolute atomic E-state index is 13.0. The molecule has 2 aromatic rings. The number of carbonyl (C=O) groups is 1. The van der Waals surface area contributed by atoms with Gasteiger partial charge in [-0.1, -0.05) is 60.1 Å². The molecular formula is C22H26BNO3. The molecule has 0 spiro atoms. The number of epoxide rings is 1. The third-order valence-electron chi connectivity index (χ3n) is 5.90. The van der Waals surface area contributed by atoms with E-state index in [-0.39, 0.29) is 17.7 Å². The summed E-state index contributed by atoms with van der Waals surface area (Å²) >= 11 is 0. The Labute approximate surface area is 161 Å². The molecule has 0 saturated carbocycles. The average Bonchev–Trinajstić information content (AvgIpc) is 3.39. The predicted octanol–water partition coefficient (Wildman–Crippen LogP) is 2.92. The minimum absolute atomic E-state index is 0.0142. The lowest BCUT2D eigenvalue weighted by atomic mass is 9.81. The third kappa shape index (κ3) is 3.61.